The first-order valence-corrected chi connectivity index (χ1v) is 5.55. The number of rotatable bonds is 2. The van der Waals surface area contributed by atoms with Gasteiger partial charge < -0.3 is 10.8 Å². The van der Waals surface area contributed by atoms with Gasteiger partial charge in [0.15, 0.2) is 0 Å². The highest BCUT2D eigenvalue weighted by Crippen LogP contribution is 2.51. The quantitative estimate of drug-likeness (QED) is 0.736. The van der Waals surface area contributed by atoms with E-state index >= 15 is 0 Å². The molecule has 0 amide bonds. The van der Waals surface area contributed by atoms with E-state index in [9.17, 15) is 4.79 Å². The Labute approximate surface area is 88.7 Å². The van der Waals surface area contributed by atoms with E-state index < -0.39 is 16.6 Å². The Hall–Kier alpha value is -0.480. The molecule has 14 heavy (non-hydrogen) atoms. The Morgan fingerprint density at radius 2 is 2.21 bits per heavy atom. The Balaban J connectivity index is 3.10. The van der Waals surface area contributed by atoms with Gasteiger partial charge in [-0.05, 0) is 10.8 Å². The fraction of sp³-hybridized carbons (Fsp3) is 0.700. The van der Waals surface area contributed by atoms with Crippen LogP contribution in [-0.2, 0) is 4.79 Å². The largest absolute Gasteiger partial charge is 0.480 e. The molecule has 0 aromatic rings. The maximum Gasteiger partial charge on any atom is 0.317 e. The van der Waals surface area contributed by atoms with Crippen molar-refractivity contribution < 1.29 is 9.90 Å². The zero-order valence-corrected chi connectivity index (χ0v) is 9.60. The van der Waals surface area contributed by atoms with Crippen LogP contribution in [0.4, 0.5) is 0 Å². The Kier molecular flexibility index (Phi) is 2.97. The summed E-state index contributed by atoms with van der Waals surface area (Å²) in [5.74, 6) is -0.777. The minimum Gasteiger partial charge on any atom is -0.480 e. The van der Waals surface area contributed by atoms with Crippen LogP contribution < -0.4 is 5.73 Å². The third kappa shape index (κ3) is 1.57. The van der Waals surface area contributed by atoms with E-state index in [2.05, 4.69) is 0 Å². The van der Waals surface area contributed by atoms with Crippen molar-refractivity contribution in [2.24, 2.45) is 16.6 Å². The fourth-order valence-electron chi connectivity index (χ4n) is 1.85. The van der Waals surface area contributed by atoms with Crippen molar-refractivity contribution in [2.45, 2.75) is 26.0 Å². The van der Waals surface area contributed by atoms with Crippen LogP contribution >= 0.6 is 11.8 Å². The number of carboxylic acids is 1. The van der Waals surface area contributed by atoms with Gasteiger partial charge in [-0.1, -0.05) is 26.8 Å². The van der Waals surface area contributed by atoms with Gasteiger partial charge in [0.2, 0.25) is 0 Å². The molecule has 0 aliphatic carbocycles. The van der Waals surface area contributed by atoms with Crippen LogP contribution in [0.1, 0.15) is 20.8 Å². The molecule has 0 bridgehead atoms. The summed E-state index contributed by atoms with van der Waals surface area (Å²) in [6.07, 6.45) is 1.95. The third-order valence-electron chi connectivity index (χ3n) is 3.01. The third-order valence-corrected chi connectivity index (χ3v) is 4.19. The summed E-state index contributed by atoms with van der Waals surface area (Å²) in [4.78, 5) is 11.1. The van der Waals surface area contributed by atoms with E-state index in [1.54, 1.807) is 0 Å². The van der Waals surface area contributed by atoms with E-state index in [1.165, 1.54) is 11.8 Å². The molecule has 0 fully saturated rings. The first-order chi connectivity index (χ1) is 6.35. The first-order valence-electron chi connectivity index (χ1n) is 4.61. The van der Waals surface area contributed by atoms with Crippen LogP contribution in [-0.4, -0.2) is 22.9 Å². The molecule has 0 aromatic heterocycles. The van der Waals surface area contributed by atoms with Gasteiger partial charge >= 0.3 is 5.97 Å². The van der Waals surface area contributed by atoms with Crippen molar-refractivity contribution in [3.05, 3.63) is 11.5 Å². The van der Waals surface area contributed by atoms with Gasteiger partial charge in [-0.3, -0.25) is 4.79 Å². The van der Waals surface area contributed by atoms with Crippen LogP contribution in [0.25, 0.3) is 0 Å². The van der Waals surface area contributed by atoms with Crippen LogP contribution in [0.3, 0.4) is 0 Å². The molecule has 3 N–H and O–H groups in total. The lowest BCUT2D eigenvalue weighted by atomic mass is 9.64. The highest BCUT2D eigenvalue weighted by Gasteiger charge is 2.51. The van der Waals surface area contributed by atoms with Gasteiger partial charge in [0, 0.05) is 12.0 Å². The van der Waals surface area contributed by atoms with Crippen LogP contribution in [0.2, 0.25) is 0 Å². The molecule has 0 spiro atoms. The molecule has 0 radical (unpaired) electrons. The summed E-state index contributed by atoms with van der Waals surface area (Å²) in [5, 5.41) is 10.5. The van der Waals surface area contributed by atoms with Crippen molar-refractivity contribution in [1.29, 1.82) is 0 Å². The summed E-state index contributed by atoms with van der Waals surface area (Å²) >= 11 is 1.35. The van der Waals surface area contributed by atoms with E-state index in [-0.39, 0.29) is 5.41 Å². The summed E-state index contributed by atoms with van der Waals surface area (Å²) in [5.41, 5.74) is 5.19. The van der Waals surface area contributed by atoms with Crippen LogP contribution in [0.5, 0.6) is 0 Å². The molecule has 4 heteroatoms. The van der Waals surface area contributed by atoms with Gasteiger partial charge in [0.25, 0.3) is 0 Å². The number of aliphatic carboxylic acids is 1. The van der Waals surface area contributed by atoms with Crippen molar-refractivity contribution in [3.63, 3.8) is 0 Å². The Morgan fingerprint density at radius 1 is 1.64 bits per heavy atom. The normalized spacial score (nSPS) is 32.1. The van der Waals surface area contributed by atoms with Gasteiger partial charge in [0.1, 0.15) is 5.25 Å². The van der Waals surface area contributed by atoms with Crippen molar-refractivity contribution >= 4 is 17.7 Å². The molecule has 0 saturated carbocycles. The lowest BCUT2D eigenvalue weighted by molar-refractivity contribution is -0.139. The van der Waals surface area contributed by atoms with Gasteiger partial charge in [-0.2, -0.15) is 0 Å². The molecule has 3 nitrogen and oxygen atoms in total. The summed E-state index contributed by atoms with van der Waals surface area (Å²) in [7, 11) is 0. The topological polar surface area (TPSA) is 63.3 Å². The van der Waals surface area contributed by atoms with E-state index in [0.29, 0.717) is 6.54 Å². The second-order valence-electron chi connectivity index (χ2n) is 4.65. The molecule has 1 rings (SSSR count). The zero-order chi connectivity index (χ0) is 11.0. The average Bonchev–Trinajstić information content (AvgIpc) is 2.46. The minimum atomic E-state index is -0.777. The Bertz CT molecular complexity index is 270. The van der Waals surface area contributed by atoms with Crippen molar-refractivity contribution in [1.82, 2.24) is 0 Å². The molecule has 0 saturated heterocycles. The molecule has 0 aromatic carbocycles. The fourth-order valence-corrected chi connectivity index (χ4v) is 3.22. The highest BCUT2D eigenvalue weighted by molar-refractivity contribution is 8.03. The molecular formula is C10H17NO2S. The first kappa shape index (κ1) is 11.6. The smallest absolute Gasteiger partial charge is 0.317 e. The SMILES string of the molecule is CC(C)(C)C1(CN)C=CSC1C(=O)O. The molecular weight excluding hydrogens is 198 g/mol. The number of carboxylic acid groups (broad SMARTS) is 1. The molecule has 80 valence electrons. The standard InChI is InChI=1S/C10H17NO2S/c1-9(2,3)10(6-11)4-5-14-7(10)8(12)13/h4-5,7H,6,11H2,1-3H3,(H,12,13). The number of thioether (sulfide) groups is 1. The second kappa shape index (κ2) is 3.59. The molecule has 1 aliphatic rings. The second-order valence-corrected chi connectivity index (χ2v) is 5.67. The van der Waals surface area contributed by atoms with Crippen molar-refractivity contribution in [3.8, 4) is 0 Å². The minimum absolute atomic E-state index is 0.134. The average molecular weight is 215 g/mol. The number of nitrogens with two attached hydrogens (primary N) is 1. The molecule has 1 heterocycles. The molecule has 2 atom stereocenters. The van der Waals surface area contributed by atoms with Crippen molar-refractivity contribution in [2.75, 3.05) is 6.54 Å². The van der Waals surface area contributed by atoms with Crippen LogP contribution in [0.15, 0.2) is 11.5 Å². The highest BCUT2D eigenvalue weighted by atomic mass is 32.2. The number of hydrogen-bond acceptors (Lipinski definition) is 3. The maximum atomic E-state index is 11.1. The van der Waals surface area contributed by atoms with E-state index in [0.717, 1.165) is 0 Å². The predicted octanol–water partition coefficient (Wildman–Crippen LogP) is 1.69. The lowest BCUT2D eigenvalue weighted by Crippen LogP contribution is -2.49. The predicted molar refractivity (Wildman–Crippen MR) is 59.1 cm³/mol. The zero-order valence-electron chi connectivity index (χ0n) is 8.78. The monoisotopic (exact) mass is 215 g/mol. The van der Waals surface area contributed by atoms with Crippen LogP contribution in [0, 0.1) is 10.8 Å². The lowest BCUT2D eigenvalue weighted by Gasteiger charge is -2.42. The summed E-state index contributed by atoms with van der Waals surface area (Å²) < 4.78 is 0. The maximum absolute atomic E-state index is 11.1. The summed E-state index contributed by atoms with van der Waals surface area (Å²) in [6.45, 7) is 6.47. The van der Waals surface area contributed by atoms with Gasteiger partial charge in [-0.15, -0.1) is 11.8 Å². The van der Waals surface area contributed by atoms with Gasteiger partial charge in [-0.25, -0.2) is 0 Å². The number of hydrogen-bond donors (Lipinski definition) is 2. The van der Waals surface area contributed by atoms with Gasteiger partial charge in [0.05, 0.1) is 0 Å². The van der Waals surface area contributed by atoms with E-state index in [4.69, 9.17) is 10.8 Å². The molecule has 1 aliphatic heterocycles. The Morgan fingerprint density at radius 3 is 2.50 bits per heavy atom. The number of carbonyl (C=O) groups is 1. The molecule has 2 unspecified atom stereocenters. The van der Waals surface area contributed by atoms with E-state index in [1.807, 2.05) is 32.3 Å². The summed E-state index contributed by atoms with van der Waals surface area (Å²) in [6, 6.07) is 0.